The lowest BCUT2D eigenvalue weighted by Crippen LogP contribution is -2.37. The maximum Gasteiger partial charge on any atom is 0.321 e. The third-order valence-electron chi connectivity index (χ3n) is 4.68. The highest BCUT2D eigenvalue weighted by atomic mass is 79.9. The topological polar surface area (TPSA) is 94.6 Å². The number of carbonyl (C=O) groups is 2. The van der Waals surface area contributed by atoms with Gasteiger partial charge in [0.25, 0.3) is 11.5 Å². The van der Waals surface area contributed by atoms with Crippen molar-refractivity contribution >= 4 is 27.9 Å². The smallest absolute Gasteiger partial charge is 0.321 e. The van der Waals surface area contributed by atoms with Gasteiger partial charge >= 0.3 is 6.03 Å². The first-order valence-corrected chi connectivity index (χ1v) is 10.1. The Morgan fingerprint density at radius 2 is 1.88 bits per heavy atom. The van der Waals surface area contributed by atoms with Crippen LogP contribution in [-0.4, -0.2) is 28.5 Å². The number of pyridine rings is 1. The molecule has 3 amide bonds. The molecule has 0 saturated carbocycles. The van der Waals surface area contributed by atoms with Crippen molar-refractivity contribution in [1.82, 2.24) is 9.47 Å². The number of nitrogens with zero attached hydrogens (tertiary/aromatic N) is 2. The Morgan fingerprint density at radius 1 is 1.16 bits per heavy atom. The Hall–Kier alpha value is -3.53. The fourth-order valence-corrected chi connectivity index (χ4v) is 3.38. The van der Waals surface area contributed by atoms with Gasteiger partial charge in [0.2, 0.25) is 0 Å². The molecule has 0 aliphatic carbocycles. The van der Waals surface area contributed by atoms with Gasteiger partial charge in [0.05, 0.1) is 0 Å². The fraction of sp³-hybridized carbons (Fsp3) is 0.136. The standard InChI is InChI=1S/C22H18BrF2N3O4/c1-12-8-18(32-11-14-6-7-15(24)10-17(14)25)19(23)21(30)28(12)16-5-3-4-13(9-16)20(29)27(2)22(26)31/h3-10H,11H2,1-2H3,(H2,26,31). The molecule has 0 spiro atoms. The third-order valence-corrected chi connectivity index (χ3v) is 5.41. The number of benzene rings is 2. The zero-order valence-electron chi connectivity index (χ0n) is 17.1. The molecule has 166 valence electrons. The Kier molecular flexibility index (Phi) is 6.73. The van der Waals surface area contributed by atoms with Crippen molar-refractivity contribution in [3.05, 3.63) is 91.8 Å². The molecule has 7 nitrogen and oxygen atoms in total. The lowest BCUT2D eigenvalue weighted by Gasteiger charge is -2.16. The van der Waals surface area contributed by atoms with Gasteiger partial charge in [-0.05, 0) is 53.2 Å². The minimum atomic E-state index is -0.907. The number of hydrogen-bond acceptors (Lipinski definition) is 4. The van der Waals surface area contributed by atoms with Crippen LogP contribution in [0.5, 0.6) is 5.75 Å². The van der Waals surface area contributed by atoms with Gasteiger partial charge < -0.3 is 10.5 Å². The van der Waals surface area contributed by atoms with Crippen LogP contribution in [-0.2, 0) is 6.61 Å². The van der Waals surface area contributed by atoms with E-state index in [4.69, 9.17) is 10.5 Å². The highest BCUT2D eigenvalue weighted by molar-refractivity contribution is 9.10. The lowest BCUT2D eigenvalue weighted by atomic mass is 10.1. The van der Waals surface area contributed by atoms with Gasteiger partial charge in [0.15, 0.2) is 0 Å². The number of aromatic nitrogens is 1. The zero-order valence-corrected chi connectivity index (χ0v) is 18.7. The average molecular weight is 506 g/mol. The van der Waals surface area contributed by atoms with Crippen molar-refractivity contribution in [2.45, 2.75) is 13.5 Å². The second-order valence-electron chi connectivity index (χ2n) is 6.88. The highest BCUT2D eigenvalue weighted by Crippen LogP contribution is 2.26. The molecule has 3 aromatic rings. The van der Waals surface area contributed by atoms with Crippen molar-refractivity contribution in [3.63, 3.8) is 0 Å². The predicted octanol–water partition coefficient (Wildman–Crippen LogP) is 3.92. The Morgan fingerprint density at radius 3 is 2.53 bits per heavy atom. The van der Waals surface area contributed by atoms with Crippen molar-refractivity contribution < 1.29 is 23.1 Å². The maximum absolute atomic E-state index is 13.9. The van der Waals surface area contributed by atoms with Crippen molar-refractivity contribution in [2.24, 2.45) is 5.73 Å². The van der Waals surface area contributed by atoms with Crippen molar-refractivity contribution in [1.29, 1.82) is 0 Å². The van der Waals surface area contributed by atoms with E-state index in [1.54, 1.807) is 25.1 Å². The van der Waals surface area contributed by atoms with E-state index in [0.717, 1.165) is 17.0 Å². The number of carbonyl (C=O) groups excluding carboxylic acids is 2. The number of imide groups is 1. The van der Waals surface area contributed by atoms with Gasteiger partial charge in [-0.2, -0.15) is 0 Å². The van der Waals surface area contributed by atoms with Gasteiger partial charge in [-0.15, -0.1) is 0 Å². The second kappa shape index (κ2) is 9.31. The molecule has 1 heterocycles. The van der Waals surface area contributed by atoms with Crippen molar-refractivity contribution in [3.8, 4) is 11.4 Å². The van der Waals surface area contributed by atoms with Crippen LogP contribution in [0.2, 0.25) is 0 Å². The predicted molar refractivity (Wildman–Crippen MR) is 117 cm³/mol. The van der Waals surface area contributed by atoms with Gasteiger partial charge in [-0.25, -0.2) is 13.6 Å². The van der Waals surface area contributed by atoms with Crippen LogP contribution >= 0.6 is 15.9 Å². The first-order chi connectivity index (χ1) is 15.1. The molecule has 10 heteroatoms. The molecule has 0 aliphatic rings. The summed E-state index contributed by atoms with van der Waals surface area (Å²) < 4.78 is 33.9. The van der Waals surface area contributed by atoms with Crippen LogP contribution in [0.25, 0.3) is 5.69 Å². The summed E-state index contributed by atoms with van der Waals surface area (Å²) in [5, 5.41) is 0. The molecule has 3 rings (SSSR count). The summed E-state index contributed by atoms with van der Waals surface area (Å²) in [6.45, 7) is 1.44. The van der Waals surface area contributed by atoms with Crippen LogP contribution < -0.4 is 16.0 Å². The van der Waals surface area contributed by atoms with Crippen LogP contribution in [0.15, 0.2) is 57.8 Å². The van der Waals surface area contributed by atoms with Gasteiger partial charge in [0, 0.05) is 41.7 Å². The van der Waals surface area contributed by atoms with E-state index in [2.05, 4.69) is 15.9 Å². The van der Waals surface area contributed by atoms with E-state index in [1.165, 1.54) is 29.8 Å². The molecule has 0 saturated heterocycles. The average Bonchev–Trinajstić information content (AvgIpc) is 2.75. The summed E-state index contributed by atoms with van der Waals surface area (Å²) in [5.41, 5.74) is 5.81. The van der Waals surface area contributed by atoms with E-state index >= 15 is 0 Å². The molecule has 2 N–H and O–H groups in total. The largest absolute Gasteiger partial charge is 0.487 e. The number of aryl methyl sites for hydroxylation is 1. The maximum atomic E-state index is 13.9. The molecule has 0 fully saturated rings. The number of primary amides is 1. The molecular formula is C22H18BrF2N3O4. The van der Waals surface area contributed by atoms with E-state index in [9.17, 15) is 23.2 Å². The quantitative estimate of drug-likeness (QED) is 0.568. The highest BCUT2D eigenvalue weighted by Gasteiger charge is 2.18. The molecule has 0 unspecified atom stereocenters. The number of hydrogen-bond donors (Lipinski definition) is 1. The Balaban J connectivity index is 1.94. The lowest BCUT2D eigenvalue weighted by molar-refractivity contribution is 0.0838. The van der Waals surface area contributed by atoms with Gasteiger partial charge in [-0.3, -0.25) is 19.1 Å². The summed E-state index contributed by atoms with van der Waals surface area (Å²) in [7, 11) is 1.25. The molecular weight excluding hydrogens is 488 g/mol. The SMILES string of the molecule is Cc1cc(OCc2ccc(F)cc2F)c(Br)c(=O)n1-c1cccc(C(=O)N(C)C(N)=O)c1. The van der Waals surface area contributed by atoms with E-state index in [-0.39, 0.29) is 28.0 Å². The summed E-state index contributed by atoms with van der Waals surface area (Å²) in [6.07, 6.45) is 0. The van der Waals surface area contributed by atoms with Gasteiger partial charge in [0.1, 0.15) is 28.5 Å². The number of amides is 3. The fourth-order valence-electron chi connectivity index (χ4n) is 2.97. The number of nitrogens with two attached hydrogens (primary N) is 1. The van der Waals surface area contributed by atoms with Crippen LogP contribution in [0.1, 0.15) is 21.6 Å². The third kappa shape index (κ3) is 4.70. The molecule has 2 aromatic carbocycles. The first-order valence-electron chi connectivity index (χ1n) is 9.27. The van der Waals surface area contributed by atoms with Crippen LogP contribution in [0.3, 0.4) is 0 Å². The number of ether oxygens (including phenoxy) is 1. The minimum Gasteiger partial charge on any atom is -0.487 e. The molecule has 0 atom stereocenters. The Bertz CT molecular complexity index is 1280. The van der Waals surface area contributed by atoms with Gasteiger partial charge in [-0.1, -0.05) is 6.07 Å². The Labute approximate surface area is 190 Å². The molecule has 32 heavy (non-hydrogen) atoms. The first kappa shape index (κ1) is 23.1. The van der Waals surface area contributed by atoms with E-state index in [0.29, 0.717) is 11.4 Å². The molecule has 0 aliphatic heterocycles. The second-order valence-corrected chi connectivity index (χ2v) is 7.67. The molecule has 0 bridgehead atoms. The normalized spacial score (nSPS) is 10.7. The summed E-state index contributed by atoms with van der Waals surface area (Å²) in [5.74, 6) is -1.90. The zero-order chi connectivity index (χ0) is 23.6. The summed E-state index contributed by atoms with van der Waals surface area (Å²) in [6, 6.07) is 9.93. The van der Waals surface area contributed by atoms with Crippen molar-refractivity contribution in [2.75, 3.05) is 7.05 Å². The van der Waals surface area contributed by atoms with E-state index < -0.39 is 29.1 Å². The number of urea groups is 1. The molecule has 1 aromatic heterocycles. The van der Waals surface area contributed by atoms with Crippen LogP contribution in [0, 0.1) is 18.6 Å². The van der Waals surface area contributed by atoms with E-state index in [1.807, 2.05) is 0 Å². The number of halogens is 3. The minimum absolute atomic E-state index is 0.0802. The summed E-state index contributed by atoms with van der Waals surface area (Å²) >= 11 is 3.21. The monoisotopic (exact) mass is 505 g/mol. The summed E-state index contributed by atoms with van der Waals surface area (Å²) in [4.78, 5) is 37.4. The van der Waals surface area contributed by atoms with Crippen LogP contribution in [0.4, 0.5) is 13.6 Å². The molecule has 0 radical (unpaired) electrons. The number of rotatable bonds is 5.